The predicted molar refractivity (Wildman–Crippen MR) is 116 cm³/mol. The number of fused-ring (bicyclic) bond motifs is 1. The molecule has 32 heavy (non-hydrogen) atoms. The second kappa shape index (κ2) is 8.52. The number of carbonyl (C=O) groups excluding carboxylic acids is 1. The van der Waals surface area contributed by atoms with Crippen LogP contribution in [0.3, 0.4) is 0 Å². The van der Waals surface area contributed by atoms with Crippen LogP contribution in [-0.4, -0.2) is 32.1 Å². The molecule has 1 aromatic heterocycles. The number of benzene rings is 3. The molecule has 0 spiro atoms. The van der Waals surface area contributed by atoms with E-state index < -0.39 is 33.1 Å². The number of aromatic nitrogens is 1. The van der Waals surface area contributed by atoms with Crippen molar-refractivity contribution >= 4 is 26.8 Å². The van der Waals surface area contributed by atoms with Crippen LogP contribution in [0.15, 0.2) is 77.7 Å². The Labute approximate surface area is 183 Å². The molecule has 0 bridgehead atoms. The average molecular weight is 456 g/mol. The molecule has 0 saturated heterocycles. The first-order valence-corrected chi connectivity index (χ1v) is 11.0. The van der Waals surface area contributed by atoms with Crippen LogP contribution in [0.5, 0.6) is 0 Å². The van der Waals surface area contributed by atoms with E-state index in [1.54, 1.807) is 18.2 Å². The first-order chi connectivity index (χ1) is 15.3. The number of nitrogens with one attached hydrogen (secondary N) is 1. The van der Waals surface area contributed by atoms with Gasteiger partial charge in [-0.3, -0.25) is 4.79 Å². The highest BCUT2D eigenvalue weighted by atomic mass is 32.2. The molecular weight excluding hydrogens is 438 g/mol. The molecule has 1 amide bonds. The molecule has 0 aliphatic carbocycles. The Hall–Kier alpha value is -3.56. The summed E-state index contributed by atoms with van der Waals surface area (Å²) in [4.78, 5) is 12.3. The lowest BCUT2D eigenvalue weighted by Gasteiger charge is -2.13. The molecule has 0 atom stereocenters. The third kappa shape index (κ3) is 3.76. The molecular formula is C23H18F2N2O4S. The van der Waals surface area contributed by atoms with Gasteiger partial charge in [-0.05, 0) is 48.5 Å². The minimum atomic E-state index is -4.22. The standard InChI is InChI=1S/C23H18F2N2O4S/c1-31-14-26-23(28)15-10-11-20-16(12-15)13-21(22-18(24)8-5-9-19(22)25)27(20)32(29,30)17-6-3-2-4-7-17/h2-13H,14H2,1H3,(H,26,28). The molecule has 0 saturated carbocycles. The van der Waals surface area contributed by atoms with Gasteiger partial charge in [0.1, 0.15) is 18.4 Å². The summed E-state index contributed by atoms with van der Waals surface area (Å²) < 4.78 is 62.1. The van der Waals surface area contributed by atoms with E-state index in [9.17, 15) is 22.0 Å². The van der Waals surface area contributed by atoms with Crippen molar-refractivity contribution in [1.82, 2.24) is 9.29 Å². The fourth-order valence-electron chi connectivity index (χ4n) is 3.44. The molecule has 0 unspecified atom stereocenters. The van der Waals surface area contributed by atoms with Gasteiger partial charge in [-0.1, -0.05) is 24.3 Å². The van der Waals surface area contributed by atoms with Crippen LogP contribution >= 0.6 is 0 Å². The minimum absolute atomic E-state index is 0.00798. The Morgan fingerprint density at radius 2 is 1.66 bits per heavy atom. The van der Waals surface area contributed by atoms with E-state index in [1.165, 1.54) is 49.6 Å². The summed E-state index contributed by atoms with van der Waals surface area (Å²) in [6.07, 6.45) is 0. The number of halogens is 2. The van der Waals surface area contributed by atoms with Crippen molar-refractivity contribution in [2.24, 2.45) is 0 Å². The Morgan fingerprint density at radius 3 is 2.31 bits per heavy atom. The molecule has 1 heterocycles. The predicted octanol–water partition coefficient (Wildman–Crippen LogP) is 4.16. The third-order valence-corrected chi connectivity index (χ3v) is 6.64. The number of nitrogens with zero attached hydrogens (tertiary/aromatic N) is 1. The van der Waals surface area contributed by atoms with Crippen LogP contribution in [0.1, 0.15) is 10.4 Å². The Kier molecular flexibility index (Phi) is 5.77. The van der Waals surface area contributed by atoms with Gasteiger partial charge in [0.25, 0.3) is 15.9 Å². The lowest BCUT2D eigenvalue weighted by Crippen LogP contribution is -2.25. The first-order valence-electron chi connectivity index (χ1n) is 9.52. The molecule has 4 aromatic rings. The Balaban J connectivity index is 2.01. The van der Waals surface area contributed by atoms with Crippen LogP contribution < -0.4 is 5.32 Å². The smallest absolute Gasteiger partial charge is 0.268 e. The molecule has 0 radical (unpaired) electrons. The van der Waals surface area contributed by atoms with Crippen molar-refractivity contribution in [3.8, 4) is 11.3 Å². The molecule has 164 valence electrons. The number of ether oxygens (including phenoxy) is 1. The third-order valence-electron chi connectivity index (χ3n) is 4.90. The van der Waals surface area contributed by atoms with Crippen LogP contribution in [0.4, 0.5) is 8.78 Å². The first kappa shape index (κ1) is 21.7. The number of amides is 1. The highest BCUT2D eigenvalue weighted by Crippen LogP contribution is 2.35. The molecule has 0 aliphatic rings. The van der Waals surface area contributed by atoms with Crippen LogP contribution in [0, 0.1) is 11.6 Å². The summed E-state index contributed by atoms with van der Waals surface area (Å²) in [6, 6.07) is 16.6. The van der Waals surface area contributed by atoms with Crippen molar-refractivity contribution in [3.05, 3.63) is 90.0 Å². The Bertz CT molecular complexity index is 1400. The van der Waals surface area contributed by atoms with Gasteiger partial charge in [0, 0.05) is 18.1 Å². The van der Waals surface area contributed by atoms with Crippen molar-refractivity contribution in [1.29, 1.82) is 0 Å². The molecule has 0 aliphatic heterocycles. The molecule has 3 aromatic carbocycles. The van der Waals surface area contributed by atoms with Gasteiger partial charge in [-0.15, -0.1) is 0 Å². The van der Waals surface area contributed by atoms with Crippen LogP contribution in [0.25, 0.3) is 22.2 Å². The average Bonchev–Trinajstić information content (AvgIpc) is 3.17. The fraction of sp³-hybridized carbons (Fsp3) is 0.0870. The van der Waals surface area contributed by atoms with E-state index in [2.05, 4.69) is 5.32 Å². The van der Waals surface area contributed by atoms with Crippen molar-refractivity contribution in [2.45, 2.75) is 4.90 Å². The lowest BCUT2D eigenvalue weighted by molar-refractivity contribution is 0.0872. The lowest BCUT2D eigenvalue weighted by atomic mass is 10.1. The monoisotopic (exact) mass is 456 g/mol. The summed E-state index contributed by atoms with van der Waals surface area (Å²) in [5, 5.41) is 2.86. The molecule has 4 rings (SSSR count). The summed E-state index contributed by atoms with van der Waals surface area (Å²) in [5.41, 5.74) is -0.248. The highest BCUT2D eigenvalue weighted by molar-refractivity contribution is 7.90. The van der Waals surface area contributed by atoms with E-state index in [0.29, 0.717) is 5.39 Å². The van der Waals surface area contributed by atoms with E-state index in [4.69, 9.17) is 4.74 Å². The maximum Gasteiger partial charge on any atom is 0.268 e. The number of hydrogen-bond acceptors (Lipinski definition) is 4. The molecule has 6 nitrogen and oxygen atoms in total. The summed E-state index contributed by atoms with van der Waals surface area (Å²) >= 11 is 0. The normalized spacial score (nSPS) is 11.6. The summed E-state index contributed by atoms with van der Waals surface area (Å²) in [7, 11) is -2.80. The maximum atomic E-state index is 14.7. The SMILES string of the molecule is COCNC(=O)c1ccc2c(c1)cc(-c1c(F)cccc1F)n2S(=O)(=O)c1ccccc1. The number of hydrogen-bond donors (Lipinski definition) is 1. The van der Waals surface area contributed by atoms with E-state index in [0.717, 1.165) is 16.1 Å². The highest BCUT2D eigenvalue weighted by Gasteiger charge is 2.27. The second-order valence-corrected chi connectivity index (χ2v) is 8.71. The van der Waals surface area contributed by atoms with Gasteiger partial charge in [-0.2, -0.15) is 0 Å². The number of rotatable bonds is 6. The number of carbonyl (C=O) groups is 1. The van der Waals surface area contributed by atoms with Gasteiger partial charge in [-0.25, -0.2) is 21.2 Å². The van der Waals surface area contributed by atoms with Gasteiger partial charge >= 0.3 is 0 Å². The van der Waals surface area contributed by atoms with Gasteiger partial charge in [0.2, 0.25) is 0 Å². The van der Waals surface area contributed by atoms with Crippen LogP contribution in [-0.2, 0) is 14.8 Å². The minimum Gasteiger partial charge on any atom is -0.364 e. The van der Waals surface area contributed by atoms with Crippen molar-refractivity contribution in [2.75, 3.05) is 13.8 Å². The zero-order valence-corrected chi connectivity index (χ0v) is 17.7. The molecule has 0 fully saturated rings. The fourth-order valence-corrected chi connectivity index (χ4v) is 4.98. The van der Waals surface area contributed by atoms with E-state index in [-0.39, 0.29) is 28.4 Å². The maximum absolute atomic E-state index is 14.7. The van der Waals surface area contributed by atoms with Crippen molar-refractivity contribution in [3.63, 3.8) is 0 Å². The molecule has 1 N–H and O–H groups in total. The quantitative estimate of drug-likeness (QED) is 0.442. The van der Waals surface area contributed by atoms with Crippen LogP contribution in [0.2, 0.25) is 0 Å². The van der Waals surface area contributed by atoms with Crippen molar-refractivity contribution < 1.29 is 26.7 Å². The van der Waals surface area contributed by atoms with Gasteiger partial charge < -0.3 is 10.1 Å². The summed E-state index contributed by atoms with van der Waals surface area (Å²) in [5.74, 6) is -2.25. The van der Waals surface area contributed by atoms with E-state index >= 15 is 0 Å². The second-order valence-electron chi connectivity index (χ2n) is 6.92. The Morgan fingerprint density at radius 1 is 0.969 bits per heavy atom. The van der Waals surface area contributed by atoms with Gasteiger partial charge in [0.15, 0.2) is 0 Å². The molecule has 9 heteroatoms. The summed E-state index contributed by atoms with van der Waals surface area (Å²) in [6.45, 7) is -0.00798. The van der Waals surface area contributed by atoms with E-state index in [1.807, 2.05) is 0 Å². The topological polar surface area (TPSA) is 77.4 Å². The largest absolute Gasteiger partial charge is 0.364 e. The number of methoxy groups -OCH3 is 1. The van der Waals surface area contributed by atoms with Gasteiger partial charge in [0.05, 0.1) is 21.7 Å². The zero-order valence-electron chi connectivity index (χ0n) is 16.9. The zero-order chi connectivity index (χ0) is 22.9.